The van der Waals surface area contributed by atoms with Crippen LogP contribution in [0.3, 0.4) is 0 Å². The molecule has 0 radical (unpaired) electrons. The molecule has 1 aromatic heterocycles. The lowest BCUT2D eigenvalue weighted by molar-refractivity contribution is -0.137. The summed E-state index contributed by atoms with van der Waals surface area (Å²) in [5.41, 5.74) is 0.629. The summed E-state index contributed by atoms with van der Waals surface area (Å²) in [7, 11) is 0. The number of nitrogens with one attached hydrogen (secondary N) is 2. The standard InChI is InChI=1S/C36H40FN3O5/c1-3-25(4-2)40-22-29(35(43)28-19-30(37)32(20-33(28)40)38-24-13-7-5-8-14-24)36(44)39-31(21-34(41)42)23-12-11-17-27(18-23)45-26-15-9-6-10-16-26/h6,9-12,15-20,22,24-25,31,38H,3-5,7-8,13-14,21H2,1-2H3,(H,39,44)(H,41,42). The zero-order valence-corrected chi connectivity index (χ0v) is 25.7. The highest BCUT2D eigenvalue weighted by Crippen LogP contribution is 2.30. The van der Waals surface area contributed by atoms with Crippen molar-refractivity contribution in [3.8, 4) is 11.5 Å². The lowest BCUT2D eigenvalue weighted by Gasteiger charge is -2.26. The number of aliphatic carboxylic acids is 1. The van der Waals surface area contributed by atoms with Crippen LogP contribution in [0.25, 0.3) is 10.9 Å². The number of anilines is 1. The minimum absolute atomic E-state index is 0.0470. The summed E-state index contributed by atoms with van der Waals surface area (Å²) in [5.74, 6) is -1.32. The van der Waals surface area contributed by atoms with E-state index in [1.54, 1.807) is 42.5 Å². The van der Waals surface area contributed by atoms with Gasteiger partial charge in [-0.15, -0.1) is 0 Å². The number of halogens is 1. The van der Waals surface area contributed by atoms with Crippen molar-refractivity contribution in [2.45, 2.75) is 83.3 Å². The van der Waals surface area contributed by atoms with Gasteiger partial charge in [0, 0.05) is 23.7 Å². The van der Waals surface area contributed by atoms with Crippen LogP contribution in [0.1, 0.15) is 93.2 Å². The third-order valence-electron chi connectivity index (χ3n) is 8.59. The van der Waals surface area contributed by atoms with E-state index in [-0.39, 0.29) is 23.0 Å². The summed E-state index contributed by atoms with van der Waals surface area (Å²) >= 11 is 0. The van der Waals surface area contributed by atoms with E-state index in [0.717, 1.165) is 38.5 Å². The van der Waals surface area contributed by atoms with Crippen molar-refractivity contribution < 1.29 is 23.8 Å². The first-order valence-corrected chi connectivity index (χ1v) is 15.8. The smallest absolute Gasteiger partial charge is 0.305 e. The van der Waals surface area contributed by atoms with E-state index in [1.807, 2.05) is 36.6 Å². The quantitative estimate of drug-likeness (QED) is 0.149. The fourth-order valence-electron chi connectivity index (χ4n) is 6.18. The van der Waals surface area contributed by atoms with Gasteiger partial charge in [-0.05, 0) is 67.6 Å². The van der Waals surface area contributed by atoms with Crippen molar-refractivity contribution in [2.24, 2.45) is 0 Å². The molecule has 0 bridgehead atoms. The Hall–Kier alpha value is -4.66. The molecule has 1 heterocycles. The molecule has 236 valence electrons. The molecule has 3 N–H and O–H groups in total. The minimum atomic E-state index is -1.12. The number of benzene rings is 3. The fourth-order valence-corrected chi connectivity index (χ4v) is 6.18. The van der Waals surface area contributed by atoms with Gasteiger partial charge in [0.15, 0.2) is 0 Å². The highest BCUT2D eigenvalue weighted by molar-refractivity contribution is 5.98. The highest BCUT2D eigenvalue weighted by atomic mass is 19.1. The number of nitrogens with zero attached hydrogens (tertiary/aromatic N) is 1. The Morgan fingerprint density at radius 1 is 0.978 bits per heavy atom. The molecule has 3 aromatic carbocycles. The lowest BCUT2D eigenvalue weighted by atomic mass is 9.95. The number of pyridine rings is 1. The average molecular weight is 614 g/mol. The SMILES string of the molecule is CCC(CC)n1cc(C(=O)NC(CC(=O)O)c2cccc(Oc3ccccc3)c2)c(=O)c2cc(F)c(NC3CCCCC3)cc21. The highest BCUT2D eigenvalue weighted by Gasteiger charge is 2.25. The van der Waals surface area contributed by atoms with E-state index in [0.29, 0.717) is 28.3 Å². The number of carboxylic acid groups (broad SMARTS) is 1. The summed E-state index contributed by atoms with van der Waals surface area (Å²) in [6.45, 7) is 4.05. The Balaban J connectivity index is 1.50. The molecule has 9 heteroatoms. The van der Waals surface area contributed by atoms with Crippen LogP contribution in [0, 0.1) is 5.82 Å². The van der Waals surface area contributed by atoms with Crippen molar-refractivity contribution in [1.82, 2.24) is 9.88 Å². The number of carbonyl (C=O) groups excluding carboxylic acids is 1. The van der Waals surface area contributed by atoms with E-state index in [9.17, 15) is 19.5 Å². The predicted octanol–water partition coefficient (Wildman–Crippen LogP) is 7.98. The molecule has 0 saturated heterocycles. The molecule has 5 rings (SSSR count). The number of ether oxygens (including phenoxy) is 1. The Bertz CT molecular complexity index is 1710. The Morgan fingerprint density at radius 2 is 1.69 bits per heavy atom. The van der Waals surface area contributed by atoms with Crippen LogP contribution in [0.4, 0.5) is 10.1 Å². The van der Waals surface area contributed by atoms with Gasteiger partial charge in [0.05, 0.1) is 23.7 Å². The van der Waals surface area contributed by atoms with E-state index < -0.39 is 35.6 Å². The van der Waals surface area contributed by atoms with Gasteiger partial charge in [-0.3, -0.25) is 14.4 Å². The van der Waals surface area contributed by atoms with E-state index in [1.165, 1.54) is 18.7 Å². The first-order valence-electron chi connectivity index (χ1n) is 15.8. The van der Waals surface area contributed by atoms with Crippen molar-refractivity contribution in [2.75, 3.05) is 5.32 Å². The average Bonchev–Trinajstić information content (AvgIpc) is 3.04. The van der Waals surface area contributed by atoms with Crippen LogP contribution < -0.4 is 20.8 Å². The predicted molar refractivity (Wildman–Crippen MR) is 174 cm³/mol. The molecule has 1 amide bonds. The maximum absolute atomic E-state index is 15.5. The molecule has 4 aromatic rings. The number of aromatic nitrogens is 1. The molecule has 0 aliphatic heterocycles. The minimum Gasteiger partial charge on any atom is -0.481 e. The first-order chi connectivity index (χ1) is 21.8. The van der Waals surface area contributed by atoms with Crippen molar-refractivity contribution in [3.05, 3.63) is 100 Å². The first kappa shape index (κ1) is 31.8. The normalized spacial score (nSPS) is 14.3. The second-order valence-corrected chi connectivity index (χ2v) is 11.7. The molecular formula is C36H40FN3O5. The monoisotopic (exact) mass is 613 g/mol. The zero-order valence-electron chi connectivity index (χ0n) is 25.7. The molecule has 1 saturated carbocycles. The topological polar surface area (TPSA) is 110 Å². The van der Waals surface area contributed by atoms with E-state index >= 15 is 4.39 Å². The molecule has 0 spiro atoms. The zero-order chi connectivity index (χ0) is 31.9. The van der Waals surface area contributed by atoms with E-state index in [2.05, 4.69) is 10.6 Å². The van der Waals surface area contributed by atoms with Gasteiger partial charge in [0.1, 0.15) is 22.9 Å². The van der Waals surface area contributed by atoms with Gasteiger partial charge in [-0.1, -0.05) is 63.4 Å². The Kier molecular flexibility index (Phi) is 10.2. The number of hydrogen-bond donors (Lipinski definition) is 3. The lowest BCUT2D eigenvalue weighted by Crippen LogP contribution is -2.34. The maximum atomic E-state index is 15.5. The van der Waals surface area contributed by atoms with Crippen LogP contribution in [0.5, 0.6) is 11.5 Å². The summed E-state index contributed by atoms with van der Waals surface area (Å²) in [4.78, 5) is 39.4. The van der Waals surface area contributed by atoms with Gasteiger partial charge >= 0.3 is 5.97 Å². The second-order valence-electron chi connectivity index (χ2n) is 11.7. The molecule has 1 atom stereocenters. The van der Waals surface area contributed by atoms with Gasteiger partial charge in [0.2, 0.25) is 5.43 Å². The summed E-state index contributed by atoms with van der Waals surface area (Å²) < 4.78 is 23.3. The Labute approximate surface area is 262 Å². The number of para-hydroxylation sites is 1. The molecule has 45 heavy (non-hydrogen) atoms. The summed E-state index contributed by atoms with van der Waals surface area (Å²) in [6.07, 6.45) is 7.88. The summed E-state index contributed by atoms with van der Waals surface area (Å²) in [5, 5.41) is 15.9. The van der Waals surface area contributed by atoms with Crippen molar-refractivity contribution in [3.63, 3.8) is 0 Å². The van der Waals surface area contributed by atoms with Crippen molar-refractivity contribution >= 4 is 28.5 Å². The number of carbonyl (C=O) groups is 2. The maximum Gasteiger partial charge on any atom is 0.305 e. The molecule has 1 fully saturated rings. The molecule has 1 unspecified atom stereocenters. The third-order valence-corrected chi connectivity index (χ3v) is 8.59. The van der Waals surface area contributed by atoms with Gasteiger partial charge in [0.25, 0.3) is 5.91 Å². The van der Waals surface area contributed by atoms with Gasteiger partial charge in [-0.2, -0.15) is 0 Å². The number of carboxylic acids is 1. The van der Waals surface area contributed by atoms with E-state index in [4.69, 9.17) is 4.74 Å². The number of amides is 1. The van der Waals surface area contributed by atoms with Crippen LogP contribution in [-0.2, 0) is 4.79 Å². The number of hydrogen-bond acceptors (Lipinski definition) is 5. The van der Waals surface area contributed by atoms with Crippen LogP contribution in [-0.4, -0.2) is 27.6 Å². The van der Waals surface area contributed by atoms with Crippen LogP contribution >= 0.6 is 0 Å². The molecule has 8 nitrogen and oxygen atoms in total. The van der Waals surface area contributed by atoms with Gasteiger partial charge in [-0.25, -0.2) is 4.39 Å². The molecule has 1 aliphatic carbocycles. The van der Waals surface area contributed by atoms with Gasteiger partial charge < -0.3 is 25.0 Å². The molecule has 1 aliphatic rings. The number of rotatable bonds is 12. The molecular weight excluding hydrogens is 573 g/mol. The summed E-state index contributed by atoms with van der Waals surface area (Å²) in [6, 6.07) is 18.0. The number of fused-ring (bicyclic) bond motifs is 1. The fraction of sp³-hybridized carbons (Fsp3) is 0.361. The largest absolute Gasteiger partial charge is 0.481 e. The second kappa shape index (κ2) is 14.4. The van der Waals surface area contributed by atoms with Crippen LogP contribution in [0.15, 0.2) is 77.7 Å². The van der Waals surface area contributed by atoms with Crippen molar-refractivity contribution in [1.29, 1.82) is 0 Å². The van der Waals surface area contributed by atoms with Crippen LogP contribution in [0.2, 0.25) is 0 Å². The Morgan fingerprint density at radius 3 is 2.38 bits per heavy atom. The third kappa shape index (κ3) is 7.53.